The summed E-state index contributed by atoms with van der Waals surface area (Å²) in [5.41, 5.74) is 2.33. The van der Waals surface area contributed by atoms with E-state index in [0.717, 1.165) is 16.7 Å². The van der Waals surface area contributed by atoms with Gasteiger partial charge in [-0.3, -0.25) is 4.90 Å². The van der Waals surface area contributed by atoms with Crippen molar-refractivity contribution in [3.8, 4) is 11.1 Å². The van der Waals surface area contributed by atoms with E-state index in [2.05, 4.69) is 0 Å². The van der Waals surface area contributed by atoms with Gasteiger partial charge in [0, 0.05) is 47.3 Å². The number of anilines is 1. The Morgan fingerprint density at radius 3 is 2.33 bits per heavy atom. The maximum absolute atomic E-state index is 13.0. The number of halogens is 2. The summed E-state index contributed by atoms with van der Waals surface area (Å²) in [6.07, 6.45) is 0.479. The number of hydrogen-bond acceptors (Lipinski definition) is 3. The zero-order chi connectivity index (χ0) is 21.1. The molecule has 0 spiro atoms. The van der Waals surface area contributed by atoms with Gasteiger partial charge in [0.05, 0.1) is 0 Å². The van der Waals surface area contributed by atoms with E-state index in [1.807, 2.05) is 54.6 Å². The van der Waals surface area contributed by atoms with Crippen molar-refractivity contribution >= 4 is 35.0 Å². The molecule has 1 aliphatic heterocycles. The summed E-state index contributed by atoms with van der Waals surface area (Å²) < 4.78 is 5.94. The molecule has 0 saturated carbocycles. The number of carbonyl (C=O) groups is 1. The van der Waals surface area contributed by atoms with Crippen molar-refractivity contribution in [3.05, 3.63) is 88.4 Å². The number of carbonyl (C=O) groups excluding carboxylic acids is 1. The highest BCUT2D eigenvalue weighted by atomic mass is 35.5. The van der Waals surface area contributed by atoms with Crippen LogP contribution in [0.1, 0.15) is 18.4 Å². The first kappa shape index (κ1) is 20.7. The molecule has 3 aromatic rings. The Labute approximate surface area is 185 Å². The fourth-order valence-electron chi connectivity index (χ4n) is 3.94. The molecule has 4 rings (SSSR count). The molecule has 1 atom stereocenters. The van der Waals surface area contributed by atoms with Gasteiger partial charge in [-0.05, 0) is 35.4 Å². The Morgan fingerprint density at radius 1 is 0.967 bits per heavy atom. The van der Waals surface area contributed by atoms with Crippen LogP contribution in [0.2, 0.25) is 10.0 Å². The molecule has 6 heteroatoms. The summed E-state index contributed by atoms with van der Waals surface area (Å²) in [6, 6.07) is 22.5. The third-order valence-electron chi connectivity index (χ3n) is 5.47. The minimum atomic E-state index is -0.826. The van der Waals surface area contributed by atoms with Crippen molar-refractivity contribution in [2.75, 3.05) is 18.1 Å². The van der Waals surface area contributed by atoms with Crippen LogP contribution in [0.5, 0.6) is 0 Å². The van der Waals surface area contributed by atoms with Crippen LogP contribution in [0.3, 0.4) is 0 Å². The first-order valence-corrected chi connectivity index (χ1v) is 10.5. The van der Waals surface area contributed by atoms with Crippen LogP contribution < -0.4 is 4.90 Å². The molecule has 3 aromatic carbocycles. The first-order chi connectivity index (χ1) is 14.5. The van der Waals surface area contributed by atoms with Crippen molar-refractivity contribution in [1.82, 2.24) is 0 Å². The van der Waals surface area contributed by atoms with Crippen LogP contribution in [-0.2, 0) is 10.3 Å². The maximum atomic E-state index is 13.0. The summed E-state index contributed by atoms with van der Waals surface area (Å²) in [5, 5.41) is 10.7. The second-order valence-electron chi connectivity index (χ2n) is 7.25. The largest absolute Gasteiger partial charge is 0.437 e. The zero-order valence-electron chi connectivity index (χ0n) is 16.2. The summed E-state index contributed by atoms with van der Waals surface area (Å²) in [7, 11) is 0. The summed E-state index contributed by atoms with van der Waals surface area (Å²) >= 11 is 12.7. The van der Waals surface area contributed by atoms with Crippen molar-refractivity contribution in [3.63, 3.8) is 0 Å². The van der Waals surface area contributed by atoms with Gasteiger partial charge in [-0.1, -0.05) is 71.7 Å². The lowest BCUT2D eigenvalue weighted by molar-refractivity contribution is -0.0257. The lowest BCUT2D eigenvalue weighted by Crippen LogP contribution is -2.48. The van der Waals surface area contributed by atoms with E-state index in [9.17, 15) is 9.90 Å². The van der Waals surface area contributed by atoms with Crippen LogP contribution in [0, 0.1) is 0 Å². The van der Waals surface area contributed by atoms with E-state index in [0.29, 0.717) is 35.1 Å². The predicted octanol–water partition coefficient (Wildman–Crippen LogP) is 6.29. The second kappa shape index (κ2) is 8.68. The average Bonchev–Trinajstić information content (AvgIpc) is 2.75. The number of rotatable bonds is 5. The van der Waals surface area contributed by atoms with Crippen LogP contribution in [0.15, 0.2) is 72.8 Å². The van der Waals surface area contributed by atoms with E-state index in [1.54, 1.807) is 23.1 Å². The number of cyclic esters (lactones) is 1. The monoisotopic (exact) mass is 441 g/mol. The van der Waals surface area contributed by atoms with E-state index in [1.165, 1.54) is 0 Å². The van der Waals surface area contributed by atoms with Crippen molar-refractivity contribution in [2.45, 2.75) is 18.4 Å². The normalized spacial score (nSPS) is 18.9. The molecule has 0 unspecified atom stereocenters. The number of amides is 1. The summed E-state index contributed by atoms with van der Waals surface area (Å²) in [6.45, 7) is 0.399. The molecule has 4 nitrogen and oxygen atoms in total. The summed E-state index contributed by atoms with van der Waals surface area (Å²) in [4.78, 5) is 14.6. The topological polar surface area (TPSA) is 49.8 Å². The molecule has 0 aliphatic carbocycles. The summed E-state index contributed by atoms with van der Waals surface area (Å²) in [5.74, 6) is 0. The number of aliphatic hydroxyl groups is 1. The highest BCUT2D eigenvalue weighted by Crippen LogP contribution is 2.40. The number of hydrogen-bond donors (Lipinski definition) is 1. The van der Waals surface area contributed by atoms with Gasteiger partial charge in [-0.15, -0.1) is 0 Å². The molecule has 1 amide bonds. The van der Waals surface area contributed by atoms with Crippen LogP contribution in [0.4, 0.5) is 10.5 Å². The quantitative estimate of drug-likeness (QED) is 0.506. The fourth-order valence-corrected chi connectivity index (χ4v) is 4.56. The van der Waals surface area contributed by atoms with E-state index in [-0.39, 0.29) is 6.61 Å². The highest BCUT2D eigenvalue weighted by molar-refractivity contribution is 6.39. The van der Waals surface area contributed by atoms with Crippen LogP contribution in [0.25, 0.3) is 11.1 Å². The molecule has 1 saturated heterocycles. The molecule has 1 aliphatic rings. The lowest BCUT2D eigenvalue weighted by Gasteiger charge is -2.41. The van der Waals surface area contributed by atoms with E-state index >= 15 is 0 Å². The van der Waals surface area contributed by atoms with Gasteiger partial charge in [-0.25, -0.2) is 4.79 Å². The van der Waals surface area contributed by atoms with Crippen LogP contribution >= 0.6 is 23.2 Å². The molecule has 30 heavy (non-hydrogen) atoms. The zero-order valence-corrected chi connectivity index (χ0v) is 17.7. The van der Waals surface area contributed by atoms with Crippen molar-refractivity contribution in [2.24, 2.45) is 0 Å². The SMILES string of the molecule is O=C1O[C@@](CCO)(c2ccccc2)CCN1c1cccc(-c2c(Cl)cccc2Cl)c1. The van der Waals surface area contributed by atoms with Gasteiger partial charge in [0.2, 0.25) is 0 Å². The molecule has 0 radical (unpaired) electrons. The minimum absolute atomic E-state index is 0.0668. The Kier molecular flexibility index (Phi) is 6.00. The molecular formula is C24H21Cl2NO3. The number of nitrogens with zero attached hydrogens (tertiary/aromatic N) is 1. The van der Waals surface area contributed by atoms with Crippen molar-refractivity contribution < 1.29 is 14.6 Å². The van der Waals surface area contributed by atoms with Gasteiger partial charge in [-0.2, -0.15) is 0 Å². The molecule has 154 valence electrons. The third kappa shape index (κ3) is 3.91. The molecule has 0 bridgehead atoms. The lowest BCUT2D eigenvalue weighted by atomic mass is 9.86. The Hall–Kier alpha value is -2.53. The Bertz CT molecular complexity index is 1040. The standard InChI is InChI=1S/C24H21Cl2NO3/c25-20-10-5-11-21(26)22(20)17-6-4-9-19(16-17)27-14-12-24(13-15-28,30-23(27)29)18-7-2-1-3-8-18/h1-11,16,28H,12-15H2/t24-/m0/s1. The van der Waals surface area contributed by atoms with Gasteiger partial charge < -0.3 is 9.84 Å². The van der Waals surface area contributed by atoms with Gasteiger partial charge in [0.1, 0.15) is 5.60 Å². The molecule has 1 N–H and O–H groups in total. The smallest absolute Gasteiger partial charge is 0.415 e. The maximum Gasteiger partial charge on any atom is 0.415 e. The Balaban J connectivity index is 1.64. The third-order valence-corrected chi connectivity index (χ3v) is 6.10. The van der Waals surface area contributed by atoms with Gasteiger partial charge >= 0.3 is 6.09 Å². The van der Waals surface area contributed by atoms with Gasteiger partial charge in [0.15, 0.2) is 0 Å². The number of ether oxygens (including phenoxy) is 1. The predicted molar refractivity (Wildman–Crippen MR) is 120 cm³/mol. The Morgan fingerprint density at radius 2 is 1.67 bits per heavy atom. The van der Waals surface area contributed by atoms with Crippen LogP contribution in [-0.4, -0.2) is 24.4 Å². The molecule has 1 heterocycles. The fraction of sp³-hybridized carbons (Fsp3) is 0.208. The second-order valence-corrected chi connectivity index (χ2v) is 8.06. The molecule has 0 aromatic heterocycles. The van der Waals surface area contributed by atoms with E-state index in [4.69, 9.17) is 27.9 Å². The van der Waals surface area contributed by atoms with E-state index < -0.39 is 11.7 Å². The number of benzene rings is 3. The molecular weight excluding hydrogens is 421 g/mol. The van der Waals surface area contributed by atoms with Crippen molar-refractivity contribution in [1.29, 1.82) is 0 Å². The highest BCUT2D eigenvalue weighted by Gasteiger charge is 2.42. The molecule has 1 fully saturated rings. The minimum Gasteiger partial charge on any atom is -0.437 e. The average molecular weight is 442 g/mol. The first-order valence-electron chi connectivity index (χ1n) is 9.75. The number of aliphatic hydroxyl groups excluding tert-OH is 1. The van der Waals surface area contributed by atoms with Gasteiger partial charge in [0.25, 0.3) is 0 Å².